The van der Waals surface area contributed by atoms with Gasteiger partial charge in [-0.3, -0.25) is 9.13 Å². The van der Waals surface area contributed by atoms with E-state index in [0.717, 1.165) is 12.8 Å². The van der Waals surface area contributed by atoms with Crippen LogP contribution in [0.1, 0.15) is 39.7 Å². The van der Waals surface area contributed by atoms with Gasteiger partial charge in [-0.2, -0.15) is 0 Å². The minimum Gasteiger partial charge on any atom is -0.326 e. The number of rotatable bonds is 5. The number of hydrogen-bond donors (Lipinski definition) is 1. The smallest absolute Gasteiger partial charge is 0.326 e. The summed E-state index contributed by atoms with van der Waals surface area (Å²) >= 11 is 0. The van der Waals surface area contributed by atoms with Crippen LogP contribution in [-0.4, -0.2) is 15.2 Å². The van der Waals surface area contributed by atoms with E-state index in [4.69, 9.17) is 5.73 Å². The first-order valence-electron chi connectivity index (χ1n) is 5.59. The summed E-state index contributed by atoms with van der Waals surface area (Å²) in [6, 6.07) is 0.289. The largest absolute Gasteiger partial charge is 0.328 e. The molecule has 0 aliphatic carbocycles. The summed E-state index contributed by atoms with van der Waals surface area (Å²) in [5.41, 5.74) is 5.94. The lowest BCUT2D eigenvalue weighted by molar-refractivity contribution is 0.486. The Balaban J connectivity index is 2.75. The first kappa shape index (κ1) is 12.0. The van der Waals surface area contributed by atoms with Gasteiger partial charge < -0.3 is 5.73 Å². The molecule has 0 aromatic carbocycles. The van der Waals surface area contributed by atoms with Gasteiger partial charge in [-0.25, -0.2) is 4.79 Å². The lowest BCUT2D eigenvalue weighted by Gasteiger charge is -2.10. The van der Waals surface area contributed by atoms with Crippen molar-refractivity contribution in [2.24, 2.45) is 5.73 Å². The molecule has 4 nitrogen and oxygen atoms in total. The monoisotopic (exact) mass is 211 g/mol. The molecule has 1 aromatic heterocycles. The molecule has 1 unspecified atom stereocenters. The Bertz CT molecular complexity index is 351. The van der Waals surface area contributed by atoms with Crippen molar-refractivity contribution in [3.05, 3.63) is 22.9 Å². The quantitative estimate of drug-likeness (QED) is 0.799. The maximum atomic E-state index is 11.8. The molecule has 2 N–H and O–H groups in total. The Morgan fingerprint density at radius 1 is 1.40 bits per heavy atom. The van der Waals surface area contributed by atoms with Crippen LogP contribution in [-0.2, 0) is 6.54 Å². The second-order valence-corrected chi connectivity index (χ2v) is 4.28. The summed E-state index contributed by atoms with van der Waals surface area (Å²) in [4.78, 5) is 11.8. The molecular formula is C11H21N3O. The standard InChI is InChI=1S/C11H21N3O/c1-4-5-10(12)8-13-6-7-14(9(2)3)11(13)15/h6-7,9-10H,4-5,8,12H2,1-3H3. The van der Waals surface area contributed by atoms with E-state index < -0.39 is 0 Å². The van der Waals surface area contributed by atoms with Gasteiger partial charge >= 0.3 is 5.69 Å². The summed E-state index contributed by atoms with van der Waals surface area (Å²) in [5.74, 6) is 0. The molecule has 1 heterocycles. The van der Waals surface area contributed by atoms with Crippen LogP contribution in [0.25, 0.3) is 0 Å². The number of nitrogens with two attached hydrogens (primary N) is 1. The second kappa shape index (κ2) is 5.16. The van der Waals surface area contributed by atoms with Gasteiger partial charge in [0, 0.05) is 31.0 Å². The maximum absolute atomic E-state index is 11.8. The molecule has 0 fully saturated rings. The highest BCUT2D eigenvalue weighted by Crippen LogP contribution is 2.01. The second-order valence-electron chi connectivity index (χ2n) is 4.28. The van der Waals surface area contributed by atoms with Gasteiger partial charge in [-0.15, -0.1) is 0 Å². The molecule has 0 aliphatic rings. The van der Waals surface area contributed by atoms with Gasteiger partial charge in [0.1, 0.15) is 0 Å². The molecule has 0 aliphatic heterocycles. The van der Waals surface area contributed by atoms with E-state index in [1.54, 1.807) is 9.13 Å². The van der Waals surface area contributed by atoms with Crippen LogP contribution >= 0.6 is 0 Å². The van der Waals surface area contributed by atoms with Crippen molar-refractivity contribution in [1.82, 2.24) is 9.13 Å². The van der Waals surface area contributed by atoms with Crippen LogP contribution in [0.5, 0.6) is 0 Å². The third-order valence-corrected chi connectivity index (χ3v) is 2.52. The minimum atomic E-state index is 0.0385. The van der Waals surface area contributed by atoms with Crippen molar-refractivity contribution in [2.75, 3.05) is 0 Å². The first-order chi connectivity index (χ1) is 7.06. The van der Waals surface area contributed by atoms with E-state index in [2.05, 4.69) is 6.92 Å². The van der Waals surface area contributed by atoms with E-state index in [9.17, 15) is 4.79 Å². The highest BCUT2D eigenvalue weighted by Gasteiger charge is 2.08. The van der Waals surface area contributed by atoms with Gasteiger partial charge in [-0.1, -0.05) is 13.3 Å². The van der Waals surface area contributed by atoms with Crippen LogP contribution in [0.3, 0.4) is 0 Å². The topological polar surface area (TPSA) is 52.9 Å². The van der Waals surface area contributed by atoms with Crippen LogP contribution in [0.15, 0.2) is 17.2 Å². The number of nitrogens with zero attached hydrogens (tertiary/aromatic N) is 2. The molecule has 0 spiro atoms. The van der Waals surface area contributed by atoms with Crippen molar-refractivity contribution >= 4 is 0 Å². The van der Waals surface area contributed by atoms with Crippen molar-refractivity contribution in [3.63, 3.8) is 0 Å². The normalized spacial score (nSPS) is 13.4. The third-order valence-electron chi connectivity index (χ3n) is 2.52. The predicted molar refractivity (Wildman–Crippen MR) is 62.0 cm³/mol. The lowest BCUT2D eigenvalue weighted by Crippen LogP contribution is -2.33. The fraction of sp³-hybridized carbons (Fsp3) is 0.727. The average molecular weight is 211 g/mol. The van der Waals surface area contributed by atoms with Crippen molar-refractivity contribution < 1.29 is 0 Å². The molecule has 0 saturated carbocycles. The summed E-state index contributed by atoms with van der Waals surface area (Å²) in [6.45, 7) is 6.71. The van der Waals surface area contributed by atoms with Gasteiger partial charge in [0.2, 0.25) is 0 Å². The minimum absolute atomic E-state index is 0.0385. The Hall–Kier alpha value is -1.03. The summed E-state index contributed by atoms with van der Waals surface area (Å²) in [6.07, 6.45) is 5.66. The van der Waals surface area contributed by atoms with Gasteiger partial charge in [-0.05, 0) is 20.3 Å². The lowest BCUT2D eigenvalue weighted by atomic mass is 10.2. The van der Waals surface area contributed by atoms with Crippen molar-refractivity contribution in [3.8, 4) is 0 Å². The van der Waals surface area contributed by atoms with Gasteiger partial charge in [0.15, 0.2) is 0 Å². The Labute approximate surface area is 90.7 Å². The molecular weight excluding hydrogens is 190 g/mol. The summed E-state index contributed by atoms with van der Waals surface area (Å²) < 4.78 is 3.42. The molecule has 86 valence electrons. The molecule has 0 radical (unpaired) electrons. The Kier molecular flexibility index (Phi) is 4.15. The average Bonchev–Trinajstić information content (AvgIpc) is 2.48. The summed E-state index contributed by atoms with van der Waals surface area (Å²) in [7, 11) is 0. The van der Waals surface area contributed by atoms with E-state index in [-0.39, 0.29) is 17.8 Å². The van der Waals surface area contributed by atoms with Crippen LogP contribution in [0, 0.1) is 0 Å². The van der Waals surface area contributed by atoms with Gasteiger partial charge in [0.05, 0.1) is 0 Å². The zero-order valence-corrected chi connectivity index (χ0v) is 9.81. The summed E-state index contributed by atoms with van der Waals surface area (Å²) in [5, 5.41) is 0. The highest BCUT2D eigenvalue weighted by atomic mass is 16.1. The molecule has 15 heavy (non-hydrogen) atoms. The molecule has 0 bridgehead atoms. The molecule has 1 rings (SSSR count). The van der Waals surface area contributed by atoms with Crippen LogP contribution < -0.4 is 11.4 Å². The Morgan fingerprint density at radius 3 is 2.53 bits per heavy atom. The SMILES string of the molecule is CCCC(N)Cn1ccn(C(C)C)c1=O. The molecule has 1 aromatic rings. The number of aromatic nitrogens is 2. The molecule has 0 amide bonds. The fourth-order valence-electron chi connectivity index (χ4n) is 1.67. The zero-order chi connectivity index (χ0) is 11.4. The van der Waals surface area contributed by atoms with E-state index >= 15 is 0 Å². The first-order valence-corrected chi connectivity index (χ1v) is 5.59. The van der Waals surface area contributed by atoms with E-state index in [0.29, 0.717) is 6.54 Å². The third kappa shape index (κ3) is 2.96. The van der Waals surface area contributed by atoms with E-state index in [1.807, 2.05) is 26.2 Å². The maximum Gasteiger partial charge on any atom is 0.328 e. The van der Waals surface area contributed by atoms with Crippen molar-refractivity contribution in [1.29, 1.82) is 0 Å². The fourth-order valence-corrected chi connectivity index (χ4v) is 1.67. The molecule has 1 atom stereocenters. The van der Waals surface area contributed by atoms with Crippen LogP contribution in [0.4, 0.5) is 0 Å². The van der Waals surface area contributed by atoms with Crippen LogP contribution in [0.2, 0.25) is 0 Å². The zero-order valence-electron chi connectivity index (χ0n) is 9.81. The highest BCUT2D eigenvalue weighted by molar-refractivity contribution is 4.84. The number of imidazole rings is 1. The Morgan fingerprint density at radius 2 is 2.07 bits per heavy atom. The number of hydrogen-bond acceptors (Lipinski definition) is 2. The molecule has 4 heteroatoms. The van der Waals surface area contributed by atoms with Gasteiger partial charge in [0.25, 0.3) is 0 Å². The predicted octanol–water partition coefficient (Wildman–Crippen LogP) is 1.36. The molecule has 0 saturated heterocycles. The van der Waals surface area contributed by atoms with Crippen molar-refractivity contribution in [2.45, 2.75) is 52.2 Å². The van der Waals surface area contributed by atoms with E-state index in [1.165, 1.54) is 0 Å².